The summed E-state index contributed by atoms with van der Waals surface area (Å²) in [5, 5.41) is 0. The quantitative estimate of drug-likeness (QED) is 0.0211. The summed E-state index contributed by atoms with van der Waals surface area (Å²) in [7, 11) is 1.40. The second-order valence-electron chi connectivity index (χ2n) is 17.8. The van der Waals surface area contributed by atoms with Gasteiger partial charge in [-0.2, -0.15) is 0 Å². The van der Waals surface area contributed by atoms with Crippen LogP contribution in [0.4, 0.5) is 0 Å². The van der Waals surface area contributed by atoms with Crippen molar-refractivity contribution in [2.24, 2.45) is 0 Å². The topological polar surface area (TPSA) is 108 Å². The molecule has 9 nitrogen and oxygen atoms in total. The van der Waals surface area contributed by atoms with E-state index in [0.717, 1.165) is 116 Å². The van der Waals surface area contributed by atoms with E-state index in [4.69, 9.17) is 18.5 Å². The number of allylic oxidation sites excluding steroid dienone is 26. The van der Waals surface area contributed by atoms with Crippen LogP contribution in [0.1, 0.15) is 155 Å². The molecule has 0 aliphatic carbocycles. The van der Waals surface area contributed by atoms with Crippen LogP contribution >= 0.6 is 7.82 Å². The largest absolute Gasteiger partial charge is 0.472 e. The van der Waals surface area contributed by atoms with Crippen LogP contribution < -0.4 is 0 Å². The van der Waals surface area contributed by atoms with Gasteiger partial charge in [0, 0.05) is 12.8 Å². The first-order chi connectivity index (χ1) is 34.0. The Hall–Kier alpha value is -4.37. The Morgan fingerprint density at radius 1 is 0.443 bits per heavy atom. The van der Waals surface area contributed by atoms with E-state index < -0.39 is 32.5 Å². The molecular formula is C60H95NO8P+. The maximum Gasteiger partial charge on any atom is 0.472 e. The molecule has 0 aliphatic rings. The van der Waals surface area contributed by atoms with Gasteiger partial charge in [0.05, 0.1) is 27.7 Å². The van der Waals surface area contributed by atoms with E-state index in [-0.39, 0.29) is 26.1 Å². The molecule has 0 spiro atoms. The molecule has 392 valence electrons. The molecule has 0 aromatic heterocycles. The molecule has 0 aromatic rings. The zero-order chi connectivity index (χ0) is 51.3. The van der Waals surface area contributed by atoms with E-state index in [1.807, 2.05) is 21.1 Å². The lowest BCUT2D eigenvalue weighted by atomic mass is 10.1. The maximum atomic E-state index is 12.8. The fraction of sp³-hybridized carbons (Fsp3) is 0.533. The Balaban J connectivity index is 4.45. The zero-order valence-electron chi connectivity index (χ0n) is 44.2. The highest BCUT2D eigenvalue weighted by Gasteiger charge is 2.27. The van der Waals surface area contributed by atoms with Crippen molar-refractivity contribution >= 4 is 19.8 Å². The van der Waals surface area contributed by atoms with Crippen LogP contribution in [0, 0.1) is 0 Å². The van der Waals surface area contributed by atoms with Gasteiger partial charge in [0.15, 0.2) is 6.10 Å². The average Bonchev–Trinajstić information content (AvgIpc) is 3.32. The first-order valence-corrected chi connectivity index (χ1v) is 27.7. The summed E-state index contributed by atoms with van der Waals surface area (Å²) in [6, 6.07) is 0. The molecule has 0 rings (SSSR count). The Kier molecular flexibility index (Phi) is 46.5. The highest BCUT2D eigenvalue weighted by molar-refractivity contribution is 7.47. The molecular weight excluding hydrogens is 894 g/mol. The van der Waals surface area contributed by atoms with Gasteiger partial charge >= 0.3 is 19.8 Å². The van der Waals surface area contributed by atoms with E-state index in [1.54, 1.807) is 0 Å². The van der Waals surface area contributed by atoms with Crippen LogP contribution in [0.15, 0.2) is 158 Å². The third-order valence-corrected chi connectivity index (χ3v) is 11.0. The standard InChI is InChI=1S/C60H94NO8P/c1-6-8-10-12-14-16-18-20-22-24-26-28-29-30-31-33-35-37-39-41-43-45-47-49-51-53-60(63)69-58(57-68-70(64,65)67-55-54-61(3,4)5)56-66-59(62)52-50-48-46-44-42-40-38-36-34-32-27-25-23-21-19-17-15-13-11-9-7-2/h8-11,14-17,20-23,26-28,30-32,35-38,41-44,58H,6-7,12-13,18-19,24-25,29,33-34,39-40,45-57H2,1-5H3/p+1/b10-8-,11-9-,16-14-,17-15-,22-20-,23-21-,28-26-,31-30-,32-27-,37-35-,38-36-,43-41-,44-42-. The molecule has 0 radical (unpaired) electrons. The van der Waals surface area contributed by atoms with Gasteiger partial charge in [-0.3, -0.25) is 18.6 Å². The summed E-state index contributed by atoms with van der Waals surface area (Å²) in [5.74, 6) is -0.906. The Morgan fingerprint density at radius 2 is 0.771 bits per heavy atom. The van der Waals surface area contributed by atoms with Gasteiger partial charge in [0.1, 0.15) is 19.8 Å². The minimum atomic E-state index is -4.42. The van der Waals surface area contributed by atoms with E-state index >= 15 is 0 Å². The lowest BCUT2D eigenvalue weighted by Crippen LogP contribution is -2.37. The minimum absolute atomic E-state index is 0.00693. The number of rotatable bonds is 45. The van der Waals surface area contributed by atoms with Gasteiger partial charge in [-0.1, -0.05) is 178 Å². The van der Waals surface area contributed by atoms with Crippen molar-refractivity contribution in [3.05, 3.63) is 158 Å². The number of hydrogen-bond acceptors (Lipinski definition) is 7. The molecule has 2 unspecified atom stereocenters. The second-order valence-corrected chi connectivity index (χ2v) is 19.2. The molecule has 10 heteroatoms. The molecule has 0 aromatic carbocycles. The summed E-state index contributed by atoms with van der Waals surface area (Å²) in [6.07, 6.45) is 74.5. The Labute approximate surface area is 426 Å². The van der Waals surface area contributed by atoms with Gasteiger partial charge in [0.25, 0.3) is 0 Å². The maximum absolute atomic E-state index is 12.8. The van der Waals surface area contributed by atoms with E-state index in [9.17, 15) is 19.0 Å². The number of likely N-dealkylation sites (N-methyl/N-ethyl adjacent to an activating group) is 1. The highest BCUT2D eigenvalue weighted by Crippen LogP contribution is 2.43. The van der Waals surface area contributed by atoms with Crippen LogP contribution in [0.3, 0.4) is 0 Å². The van der Waals surface area contributed by atoms with Crippen molar-refractivity contribution in [2.45, 2.75) is 161 Å². The molecule has 0 aliphatic heterocycles. The predicted octanol–water partition coefficient (Wildman–Crippen LogP) is 16.1. The molecule has 2 atom stereocenters. The molecule has 70 heavy (non-hydrogen) atoms. The number of ether oxygens (including phenoxy) is 2. The van der Waals surface area contributed by atoms with Gasteiger partial charge in [-0.15, -0.1) is 0 Å². The third-order valence-electron chi connectivity index (χ3n) is 10.1. The van der Waals surface area contributed by atoms with Crippen molar-refractivity contribution < 1.29 is 42.1 Å². The molecule has 0 fully saturated rings. The van der Waals surface area contributed by atoms with Crippen molar-refractivity contribution in [1.82, 2.24) is 0 Å². The number of esters is 2. The van der Waals surface area contributed by atoms with Crippen LogP contribution in [0.2, 0.25) is 0 Å². The van der Waals surface area contributed by atoms with Gasteiger partial charge in [-0.25, -0.2) is 4.57 Å². The Morgan fingerprint density at radius 3 is 1.14 bits per heavy atom. The number of hydrogen-bond donors (Lipinski definition) is 1. The summed E-state index contributed by atoms with van der Waals surface area (Å²) >= 11 is 0. The molecule has 1 N–H and O–H groups in total. The molecule has 0 saturated heterocycles. The lowest BCUT2D eigenvalue weighted by Gasteiger charge is -2.24. The third kappa shape index (κ3) is 53.0. The first kappa shape index (κ1) is 65.6. The number of unbranched alkanes of at least 4 members (excludes halogenated alkanes) is 5. The van der Waals surface area contributed by atoms with Gasteiger partial charge < -0.3 is 18.9 Å². The van der Waals surface area contributed by atoms with Crippen molar-refractivity contribution in [3.8, 4) is 0 Å². The predicted molar refractivity (Wildman–Crippen MR) is 297 cm³/mol. The van der Waals surface area contributed by atoms with Crippen molar-refractivity contribution in [3.63, 3.8) is 0 Å². The number of quaternary nitrogens is 1. The van der Waals surface area contributed by atoms with Crippen molar-refractivity contribution in [2.75, 3.05) is 47.5 Å². The summed E-state index contributed by atoms with van der Waals surface area (Å²) in [6.45, 7) is 4.07. The normalized spacial score (nSPS) is 14.7. The average molecular weight is 989 g/mol. The van der Waals surface area contributed by atoms with E-state index in [2.05, 4.69) is 172 Å². The number of phosphoric acid groups is 1. The molecule has 0 heterocycles. The number of nitrogens with zero attached hydrogens (tertiary/aromatic N) is 1. The van der Waals surface area contributed by atoms with Gasteiger partial charge in [0.2, 0.25) is 0 Å². The number of carbonyl (C=O) groups is 2. The first-order valence-electron chi connectivity index (χ1n) is 26.2. The summed E-state index contributed by atoms with van der Waals surface area (Å²) in [4.78, 5) is 35.6. The summed E-state index contributed by atoms with van der Waals surface area (Å²) < 4.78 is 34.4. The van der Waals surface area contributed by atoms with E-state index in [0.29, 0.717) is 23.9 Å². The van der Waals surface area contributed by atoms with E-state index in [1.165, 1.54) is 0 Å². The van der Waals surface area contributed by atoms with Crippen LogP contribution in [-0.4, -0.2) is 74.9 Å². The van der Waals surface area contributed by atoms with Crippen LogP contribution in [0.5, 0.6) is 0 Å². The molecule has 0 saturated carbocycles. The molecule has 0 amide bonds. The Bertz CT molecular complexity index is 1730. The summed E-state index contributed by atoms with van der Waals surface area (Å²) in [5.41, 5.74) is 0. The fourth-order valence-corrected chi connectivity index (χ4v) is 6.80. The second kappa shape index (κ2) is 49.6. The fourth-order valence-electron chi connectivity index (χ4n) is 6.05. The number of carbonyl (C=O) groups excluding carboxylic acids is 2. The number of phosphoric ester groups is 1. The van der Waals surface area contributed by atoms with Crippen LogP contribution in [0.25, 0.3) is 0 Å². The van der Waals surface area contributed by atoms with Gasteiger partial charge in [-0.05, 0) is 122 Å². The highest BCUT2D eigenvalue weighted by atomic mass is 31.2. The zero-order valence-corrected chi connectivity index (χ0v) is 45.1. The minimum Gasteiger partial charge on any atom is -0.462 e. The lowest BCUT2D eigenvalue weighted by molar-refractivity contribution is -0.870. The monoisotopic (exact) mass is 989 g/mol. The molecule has 0 bridgehead atoms. The smallest absolute Gasteiger partial charge is 0.462 e. The van der Waals surface area contributed by atoms with Crippen LogP contribution in [-0.2, 0) is 32.7 Å². The van der Waals surface area contributed by atoms with Crippen molar-refractivity contribution in [1.29, 1.82) is 0 Å². The SMILES string of the molecule is CC/C=C\C/C=C\C/C=C\C/C=C\C/C=C\C/C=C\C/C=C\CCCCCC(=O)OC(COC(=O)CCCC/C=C\C/C=C\C/C=C\C/C=C\C/C=C\C/C=C\CC)COP(=O)(O)OCC[N+](C)(C)C.